The van der Waals surface area contributed by atoms with Crippen LogP contribution in [0.3, 0.4) is 0 Å². The number of hydrogen-bond donors (Lipinski definition) is 2. The summed E-state index contributed by atoms with van der Waals surface area (Å²) in [7, 11) is 3.49. The molecule has 1 heterocycles. The van der Waals surface area contributed by atoms with Crippen LogP contribution in [0.1, 0.15) is 23.4 Å². The van der Waals surface area contributed by atoms with Crippen LogP contribution in [0.5, 0.6) is 5.75 Å². The van der Waals surface area contributed by atoms with Gasteiger partial charge in [-0.3, -0.25) is 4.99 Å². The molecule has 0 unspecified atom stereocenters. The first kappa shape index (κ1) is 23.0. The highest BCUT2D eigenvalue weighted by atomic mass is 127. The van der Waals surface area contributed by atoms with Crippen molar-refractivity contribution < 1.29 is 4.74 Å². The van der Waals surface area contributed by atoms with Crippen LogP contribution in [-0.4, -0.2) is 36.2 Å². The van der Waals surface area contributed by atoms with Crippen LogP contribution < -0.4 is 15.4 Å². The number of halogens is 1. The second-order valence-electron chi connectivity index (χ2n) is 6.81. The maximum atomic E-state index is 5.39. The lowest BCUT2D eigenvalue weighted by molar-refractivity contribution is 0.411. The van der Waals surface area contributed by atoms with Gasteiger partial charge >= 0.3 is 0 Å². The summed E-state index contributed by atoms with van der Waals surface area (Å²) in [4.78, 5) is 8.93. The van der Waals surface area contributed by atoms with E-state index in [0.717, 1.165) is 53.7 Å². The number of para-hydroxylation sites is 2. The fourth-order valence-corrected chi connectivity index (χ4v) is 3.30. The van der Waals surface area contributed by atoms with Crippen LogP contribution in [0.4, 0.5) is 0 Å². The Bertz CT molecular complexity index is 967. The molecule has 3 aromatic rings. The minimum Gasteiger partial charge on any atom is -0.496 e. The van der Waals surface area contributed by atoms with Gasteiger partial charge in [0.05, 0.1) is 18.1 Å². The summed E-state index contributed by atoms with van der Waals surface area (Å²) in [6.07, 6.45) is 0.986. The third kappa shape index (κ3) is 5.85. The van der Waals surface area contributed by atoms with E-state index in [-0.39, 0.29) is 24.0 Å². The molecule has 0 aliphatic heterocycles. The number of fused-ring (bicyclic) bond motifs is 1. The minimum absolute atomic E-state index is 0. The number of rotatable bonds is 7. The zero-order valence-corrected chi connectivity index (χ0v) is 19.9. The van der Waals surface area contributed by atoms with Gasteiger partial charge in [-0.2, -0.15) is 0 Å². The van der Waals surface area contributed by atoms with E-state index < -0.39 is 0 Å². The molecule has 0 atom stereocenters. The van der Waals surface area contributed by atoms with Crippen molar-refractivity contribution in [2.24, 2.45) is 4.99 Å². The molecule has 0 aliphatic rings. The van der Waals surface area contributed by atoms with E-state index in [1.807, 2.05) is 13.0 Å². The number of nitrogens with zero attached hydrogens (tertiary/aromatic N) is 3. The number of aryl methyl sites for hydroxylation is 3. The van der Waals surface area contributed by atoms with Gasteiger partial charge in [-0.1, -0.05) is 24.3 Å². The van der Waals surface area contributed by atoms with Gasteiger partial charge in [0, 0.05) is 26.7 Å². The van der Waals surface area contributed by atoms with Crippen LogP contribution in [0.25, 0.3) is 11.0 Å². The second-order valence-corrected chi connectivity index (χ2v) is 6.81. The normalized spacial score (nSPS) is 11.2. The summed E-state index contributed by atoms with van der Waals surface area (Å²) < 4.78 is 7.66. The average Bonchev–Trinajstić information content (AvgIpc) is 3.03. The molecule has 7 heteroatoms. The highest BCUT2D eigenvalue weighted by Gasteiger charge is 2.06. The van der Waals surface area contributed by atoms with E-state index in [2.05, 4.69) is 68.5 Å². The molecule has 1 aromatic heterocycles. The molecule has 3 rings (SSSR count). The van der Waals surface area contributed by atoms with Crippen molar-refractivity contribution >= 4 is 41.0 Å². The maximum absolute atomic E-state index is 5.39. The zero-order chi connectivity index (χ0) is 19.9. The van der Waals surface area contributed by atoms with Crippen LogP contribution in [0.2, 0.25) is 0 Å². The Labute approximate surface area is 189 Å². The first-order valence-corrected chi connectivity index (χ1v) is 9.62. The van der Waals surface area contributed by atoms with Crippen molar-refractivity contribution in [2.45, 2.75) is 33.4 Å². The van der Waals surface area contributed by atoms with E-state index in [9.17, 15) is 0 Å². The Balaban J connectivity index is 0.00000300. The molecule has 0 spiro atoms. The molecule has 0 bridgehead atoms. The van der Waals surface area contributed by atoms with E-state index in [1.54, 1.807) is 14.2 Å². The molecule has 0 saturated carbocycles. The Hall–Kier alpha value is -2.29. The van der Waals surface area contributed by atoms with Gasteiger partial charge in [0.1, 0.15) is 11.6 Å². The summed E-state index contributed by atoms with van der Waals surface area (Å²) >= 11 is 0. The number of aliphatic imine (C=N–C) groups is 1. The Morgan fingerprint density at radius 2 is 1.93 bits per heavy atom. The monoisotopic (exact) mass is 507 g/mol. The lowest BCUT2D eigenvalue weighted by atomic mass is 10.1. The van der Waals surface area contributed by atoms with Crippen molar-refractivity contribution in [3.05, 3.63) is 59.4 Å². The smallest absolute Gasteiger partial charge is 0.191 e. The average molecular weight is 507 g/mol. The molecule has 156 valence electrons. The number of guanidine groups is 1. The van der Waals surface area contributed by atoms with Crippen molar-refractivity contribution in [1.29, 1.82) is 0 Å². The predicted molar refractivity (Wildman–Crippen MR) is 130 cm³/mol. The molecular formula is C22H30IN5O. The zero-order valence-electron chi connectivity index (χ0n) is 17.5. The van der Waals surface area contributed by atoms with Crippen molar-refractivity contribution in [2.75, 3.05) is 20.7 Å². The number of hydrogen-bond acceptors (Lipinski definition) is 3. The van der Waals surface area contributed by atoms with Gasteiger partial charge in [-0.25, -0.2) is 4.98 Å². The molecule has 2 N–H and O–H groups in total. The van der Waals surface area contributed by atoms with Gasteiger partial charge in [0.2, 0.25) is 0 Å². The summed E-state index contributed by atoms with van der Waals surface area (Å²) in [6.45, 7) is 6.56. The summed E-state index contributed by atoms with van der Waals surface area (Å²) in [5.41, 5.74) is 4.54. The highest BCUT2D eigenvalue weighted by Crippen LogP contribution is 2.19. The first-order valence-electron chi connectivity index (χ1n) is 9.62. The van der Waals surface area contributed by atoms with Crippen molar-refractivity contribution in [3.63, 3.8) is 0 Å². The van der Waals surface area contributed by atoms with Crippen LogP contribution in [0.15, 0.2) is 47.5 Å². The molecule has 0 amide bonds. The molecular weight excluding hydrogens is 477 g/mol. The first-order chi connectivity index (χ1) is 13.6. The fourth-order valence-electron chi connectivity index (χ4n) is 3.30. The highest BCUT2D eigenvalue weighted by molar-refractivity contribution is 14.0. The number of imidazole rings is 1. The van der Waals surface area contributed by atoms with E-state index in [4.69, 9.17) is 4.74 Å². The van der Waals surface area contributed by atoms with Crippen LogP contribution in [-0.2, 0) is 13.1 Å². The number of benzene rings is 2. The topological polar surface area (TPSA) is 63.5 Å². The van der Waals surface area contributed by atoms with E-state index in [1.165, 1.54) is 5.52 Å². The summed E-state index contributed by atoms with van der Waals surface area (Å²) in [5, 5.41) is 6.74. The lowest BCUT2D eigenvalue weighted by Gasteiger charge is -2.13. The van der Waals surface area contributed by atoms with Gasteiger partial charge in [-0.15, -0.1) is 24.0 Å². The maximum Gasteiger partial charge on any atom is 0.191 e. The standard InChI is InChI=1S/C22H29N5O.HI/c1-16-10-11-18(14-21(16)28-4)15-25-22(23-3)24-12-7-13-27-17(2)26-19-8-5-6-9-20(19)27;/h5-6,8-11,14H,7,12-13,15H2,1-4H3,(H2,23,24,25);1H. The fraction of sp³-hybridized carbons (Fsp3) is 0.364. The lowest BCUT2D eigenvalue weighted by Crippen LogP contribution is -2.37. The van der Waals surface area contributed by atoms with E-state index >= 15 is 0 Å². The van der Waals surface area contributed by atoms with Crippen LogP contribution in [0, 0.1) is 13.8 Å². The van der Waals surface area contributed by atoms with E-state index in [0.29, 0.717) is 6.54 Å². The SMILES string of the molecule is CN=C(NCCCn1c(C)nc2ccccc21)NCc1ccc(C)c(OC)c1.I. The van der Waals surface area contributed by atoms with Crippen molar-refractivity contribution in [3.8, 4) is 5.75 Å². The minimum atomic E-state index is 0. The second kappa shape index (κ2) is 11.0. The third-order valence-electron chi connectivity index (χ3n) is 4.85. The molecule has 0 radical (unpaired) electrons. The Morgan fingerprint density at radius 3 is 2.69 bits per heavy atom. The molecule has 29 heavy (non-hydrogen) atoms. The summed E-state index contributed by atoms with van der Waals surface area (Å²) in [5.74, 6) is 2.76. The number of methoxy groups -OCH3 is 1. The molecule has 0 aliphatic carbocycles. The molecule has 6 nitrogen and oxygen atoms in total. The predicted octanol–water partition coefficient (Wildman–Crippen LogP) is 4.04. The Morgan fingerprint density at radius 1 is 1.14 bits per heavy atom. The van der Waals surface area contributed by atoms with Gasteiger partial charge in [0.15, 0.2) is 5.96 Å². The molecule has 0 saturated heterocycles. The number of ether oxygens (including phenoxy) is 1. The van der Waals surface area contributed by atoms with Crippen LogP contribution >= 0.6 is 24.0 Å². The number of nitrogens with one attached hydrogen (secondary N) is 2. The molecule has 0 fully saturated rings. The van der Waals surface area contributed by atoms with Gasteiger partial charge < -0.3 is 19.9 Å². The Kier molecular flexibility index (Phi) is 8.75. The quantitative estimate of drug-likeness (QED) is 0.220. The van der Waals surface area contributed by atoms with Gasteiger partial charge in [0.25, 0.3) is 0 Å². The summed E-state index contributed by atoms with van der Waals surface area (Å²) in [6, 6.07) is 14.5. The number of aromatic nitrogens is 2. The van der Waals surface area contributed by atoms with Crippen molar-refractivity contribution in [1.82, 2.24) is 20.2 Å². The third-order valence-corrected chi connectivity index (χ3v) is 4.85. The van der Waals surface area contributed by atoms with Gasteiger partial charge in [-0.05, 0) is 49.6 Å². The molecule has 2 aromatic carbocycles. The largest absolute Gasteiger partial charge is 0.496 e.